The number of rotatable bonds is 2. The predicted molar refractivity (Wildman–Crippen MR) is 69.7 cm³/mol. The van der Waals surface area contributed by atoms with Crippen molar-refractivity contribution < 1.29 is 27.8 Å². The number of halogens is 2. The number of alkyl halides is 2. The quantitative estimate of drug-likeness (QED) is 0.736. The molecule has 0 aromatic carbocycles. The van der Waals surface area contributed by atoms with Crippen LogP contribution in [-0.2, 0) is 19.0 Å². The fourth-order valence-corrected chi connectivity index (χ4v) is 4.33. The smallest absolute Gasteiger partial charge is 0.377 e. The van der Waals surface area contributed by atoms with E-state index in [2.05, 4.69) is 13.8 Å². The Labute approximate surface area is 123 Å². The Balaban J connectivity index is 1.93. The van der Waals surface area contributed by atoms with Gasteiger partial charge >= 0.3 is 11.9 Å². The highest BCUT2D eigenvalue weighted by Crippen LogP contribution is 2.68. The number of esters is 1. The summed E-state index contributed by atoms with van der Waals surface area (Å²) < 4.78 is 43.4. The minimum Gasteiger partial charge on any atom is -0.449 e. The van der Waals surface area contributed by atoms with Crippen LogP contribution < -0.4 is 0 Å². The fraction of sp³-hybridized carbons (Fsp3) is 0.933. The molecule has 1 heterocycles. The molecule has 4 nitrogen and oxygen atoms in total. The van der Waals surface area contributed by atoms with Crippen LogP contribution in [0.1, 0.15) is 40.5 Å². The van der Waals surface area contributed by atoms with Crippen molar-refractivity contribution in [2.24, 2.45) is 17.3 Å². The van der Waals surface area contributed by atoms with E-state index in [1.165, 1.54) is 0 Å². The van der Waals surface area contributed by atoms with Crippen LogP contribution in [0.25, 0.3) is 0 Å². The zero-order chi connectivity index (χ0) is 15.7. The van der Waals surface area contributed by atoms with Crippen LogP contribution >= 0.6 is 0 Å². The summed E-state index contributed by atoms with van der Waals surface area (Å²) in [4.78, 5) is 11.7. The third-order valence-electron chi connectivity index (χ3n) is 5.70. The maximum Gasteiger partial charge on any atom is 0.377 e. The summed E-state index contributed by atoms with van der Waals surface area (Å²) in [5, 5.41) is 0. The number of carbonyl (C=O) groups is 1. The Morgan fingerprint density at radius 2 is 1.81 bits per heavy atom. The van der Waals surface area contributed by atoms with Crippen molar-refractivity contribution in [2.45, 2.75) is 57.8 Å². The number of hydrogen-bond donors (Lipinski definition) is 0. The number of carbonyl (C=O) groups excluding carboxylic acids is 1. The first-order valence-corrected chi connectivity index (χ1v) is 7.42. The van der Waals surface area contributed by atoms with Crippen LogP contribution in [0.4, 0.5) is 8.78 Å². The van der Waals surface area contributed by atoms with Crippen LogP contribution in [0.15, 0.2) is 0 Å². The highest BCUT2D eigenvalue weighted by molar-refractivity contribution is 5.77. The maximum absolute atomic E-state index is 13.2. The maximum atomic E-state index is 13.2. The van der Waals surface area contributed by atoms with E-state index in [4.69, 9.17) is 14.2 Å². The molecule has 4 fully saturated rings. The van der Waals surface area contributed by atoms with Gasteiger partial charge in [-0.05, 0) is 31.1 Å². The van der Waals surface area contributed by atoms with Crippen molar-refractivity contribution in [1.29, 1.82) is 0 Å². The summed E-state index contributed by atoms with van der Waals surface area (Å²) in [5.74, 6) is -5.74. The minimum atomic E-state index is -3.51. The molecule has 3 saturated carbocycles. The number of hydrogen-bond acceptors (Lipinski definition) is 4. The Morgan fingerprint density at radius 3 is 2.29 bits per heavy atom. The number of fused-ring (bicyclic) bond motifs is 1. The lowest BCUT2D eigenvalue weighted by Gasteiger charge is -2.67. The van der Waals surface area contributed by atoms with Gasteiger partial charge in [-0.25, -0.2) is 4.79 Å². The van der Waals surface area contributed by atoms with Crippen LogP contribution in [-0.4, -0.2) is 36.5 Å². The summed E-state index contributed by atoms with van der Waals surface area (Å²) in [7, 11) is 0. The van der Waals surface area contributed by atoms with Gasteiger partial charge in [0.1, 0.15) is 0 Å². The van der Waals surface area contributed by atoms with Gasteiger partial charge in [0.15, 0.2) is 5.60 Å². The van der Waals surface area contributed by atoms with Gasteiger partial charge in [-0.15, -0.1) is 0 Å². The molecule has 3 atom stereocenters. The Bertz CT molecular complexity index is 465. The molecule has 4 rings (SSSR count). The van der Waals surface area contributed by atoms with E-state index in [9.17, 15) is 13.6 Å². The average molecular weight is 304 g/mol. The monoisotopic (exact) mass is 304 g/mol. The summed E-state index contributed by atoms with van der Waals surface area (Å²) >= 11 is 0. The summed E-state index contributed by atoms with van der Waals surface area (Å²) in [6, 6.07) is 0. The first-order valence-electron chi connectivity index (χ1n) is 7.42. The van der Waals surface area contributed by atoms with E-state index in [-0.39, 0.29) is 11.3 Å². The van der Waals surface area contributed by atoms with Gasteiger partial charge in [-0.1, -0.05) is 13.8 Å². The van der Waals surface area contributed by atoms with Gasteiger partial charge in [-0.2, -0.15) is 8.78 Å². The molecule has 6 heteroatoms. The molecule has 21 heavy (non-hydrogen) atoms. The normalized spacial score (nSPS) is 39.9. The van der Waals surface area contributed by atoms with Gasteiger partial charge < -0.3 is 14.2 Å². The summed E-state index contributed by atoms with van der Waals surface area (Å²) in [5.41, 5.74) is -1.16. The largest absolute Gasteiger partial charge is 0.449 e. The standard InChI is InChI=1S/C15H22F2O4/c1-12(2)9-7-10(12)15(19-5-6-20-15)13(3,8-9)21-11(18)14(4,16)17/h9-10H,5-8H2,1-4H3. The second kappa shape index (κ2) is 4.16. The van der Waals surface area contributed by atoms with Crippen molar-refractivity contribution in [3.05, 3.63) is 0 Å². The molecule has 3 aliphatic carbocycles. The van der Waals surface area contributed by atoms with Crippen molar-refractivity contribution in [2.75, 3.05) is 13.2 Å². The summed E-state index contributed by atoms with van der Waals surface area (Å²) in [6.45, 7) is 7.27. The third-order valence-corrected chi connectivity index (χ3v) is 5.70. The molecular formula is C15H22F2O4. The highest BCUT2D eigenvalue weighted by atomic mass is 19.3. The lowest BCUT2D eigenvalue weighted by Crippen LogP contribution is -2.74. The molecule has 0 radical (unpaired) electrons. The van der Waals surface area contributed by atoms with E-state index >= 15 is 0 Å². The summed E-state index contributed by atoms with van der Waals surface area (Å²) in [6.07, 6.45) is 1.40. The highest BCUT2D eigenvalue weighted by Gasteiger charge is 2.74. The van der Waals surface area contributed by atoms with Crippen molar-refractivity contribution in [3.63, 3.8) is 0 Å². The Kier molecular flexibility index (Phi) is 3.00. The molecule has 0 N–H and O–H groups in total. The molecule has 0 aromatic rings. The van der Waals surface area contributed by atoms with Crippen LogP contribution in [0.5, 0.6) is 0 Å². The molecule has 4 aliphatic rings. The molecule has 0 aromatic heterocycles. The van der Waals surface area contributed by atoms with Crippen LogP contribution in [0.2, 0.25) is 0 Å². The average Bonchev–Trinajstić information content (AvgIpc) is 2.81. The molecule has 0 amide bonds. The van der Waals surface area contributed by atoms with Crippen molar-refractivity contribution in [1.82, 2.24) is 0 Å². The first kappa shape index (κ1) is 15.2. The lowest BCUT2D eigenvalue weighted by atomic mass is 9.43. The van der Waals surface area contributed by atoms with E-state index in [1.807, 2.05) is 0 Å². The Morgan fingerprint density at radius 1 is 1.24 bits per heavy atom. The van der Waals surface area contributed by atoms with Crippen LogP contribution in [0, 0.1) is 17.3 Å². The molecule has 2 bridgehead atoms. The molecule has 3 unspecified atom stereocenters. The van der Waals surface area contributed by atoms with Crippen molar-refractivity contribution in [3.8, 4) is 0 Å². The molecular weight excluding hydrogens is 282 g/mol. The van der Waals surface area contributed by atoms with E-state index in [0.29, 0.717) is 32.5 Å². The second-order valence-corrected chi connectivity index (χ2v) is 7.38. The zero-order valence-corrected chi connectivity index (χ0v) is 12.9. The van der Waals surface area contributed by atoms with Crippen molar-refractivity contribution >= 4 is 5.97 Å². The van der Waals surface area contributed by atoms with Gasteiger partial charge in [0.2, 0.25) is 5.79 Å². The molecule has 120 valence electrons. The van der Waals surface area contributed by atoms with Gasteiger partial charge in [0, 0.05) is 12.8 Å². The predicted octanol–water partition coefficient (Wildman–Crippen LogP) is 2.75. The van der Waals surface area contributed by atoms with E-state index < -0.39 is 23.3 Å². The SMILES string of the molecule is CC(F)(F)C(=O)OC1(C)CC2CC(C2(C)C)C12OCCO2. The second-order valence-electron chi connectivity index (χ2n) is 7.38. The Hall–Kier alpha value is -0.750. The van der Waals surface area contributed by atoms with Crippen LogP contribution in [0.3, 0.4) is 0 Å². The first-order chi connectivity index (χ1) is 9.53. The van der Waals surface area contributed by atoms with Gasteiger partial charge in [0.25, 0.3) is 0 Å². The molecule has 1 aliphatic heterocycles. The molecule has 1 spiro atoms. The third kappa shape index (κ3) is 1.88. The molecule has 1 saturated heterocycles. The van der Waals surface area contributed by atoms with Gasteiger partial charge in [0.05, 0.1) is 13.2 Å². The minimum absolute atomic E-state index is 0.00495. The fourth-order valence-electron chi connectivity index (χ4n) is 4.33. The zero-order valence-electron chi connectivity index (χ0n) is 12.9. The van der Waals surface area contributed by atoms with E-state index in [0.717, 1.165) is 6.42 Å². The van der Waals surface area contributed by atoms with Gasteiger partial charge in [-0.3, -0.25) is 0 Å². The van der Waals surface area contributed by atoms with E-state index in [1.54, 1.807) is 6.92 Å². The number of ether oxygens (including phenoxy) is 3. The topological polar surface area (TPSA) is 44.8 Å². The lowest BCUT2D eigenvalue weighted by molar-refractivity contribution is -0.377.